The van der Waals surface area contributed by atoms with Gasteiger partial charge in [0.05, 0.1) is 11.0 Å². The van der Waals surface area contributed by atoms with Crippen LogP contribution in [0.2, 0.25) is 0 Å². The summed E-state index contributed by atoms with van der Waals surface area (Å²) in [5.74, 6) is 5.75. The molecule has 1 atom stereocenters. The number of rotatable bonds is 3. The number of nitrogens with one attached hydrogen (secondary N) is 1. The van der Waals surface area contributed by atoms with E-state index in [0.717, 1.165) is 26.2 Å². The molecular weight excluding hydrogens is 256 g/mol. The number of benzene rings is 1. The fourth-order valence-corrected chi connectivity index (χ4v) is 3.10. The molecule has 0 fully saturated rings. The van der Waals surface area contributed by atoms with Gasteiger partial charge in [-0.05, 0) is 23.9 Å². The molecule has 1 unspecified atom stereocenters. The molecular formula is C14H14N4S. The molecule has 0 aliphatic carbocycles. The SMILES string of the molecule is Cc1ncc(C(NN)c2cccc3cnccc23)s1. The van der Waals surface area contributed by atoms with Crippen molar-refractivity contribution in [1.29, 1.82) is 0 Å². The van der Waals surface area contributed by atoms with Crippen LogP contribution in [-0.4, -0.2) is 9.97 Å². The molecule has 0 radical (unpaired) electrons. The summed E-state index contributed by atoms with van der Waals surface area (Å²) in [6, 6.07) is 8.14. The lowest BCUT2D eigenvalue weighted by molar-refractivity contribution is 0.649. The van der Waals surface area contributed by atoms with Gasteiger partial charge < -0.3 is 0 Å². The van der Waals surface area contributed by atoms with Crippen LogP contribution in [0, 0.1) is 6.92 Å². The maximum absolute atomic E-state index is 5.75. The van der Waals surface area contributed by atoms with Crippen molar-refractivity contribution in [1.82, 2.24) is 15.4 Å². The first kappa shape index (κ1) is 12.2. The number of pyridine rings is 1. The highest BCUT2D eigenvalue weighted by atomic mass is 32.1. The van der Waals surface area contributed by atoms with Crippen LogP contribution in [-0.2, 0) is 0 Å². The van der Waals surface area contributed by atoms with E-state index in [1.165, 1.54) is 0 Å². The van der Waals surface area contributed by atoms with Crippen LogP contribution in [0.15, 0.2) is 42.9 Å². The smallest absolute Gasteiger partial charge is 0.0897 e. The van der Waals surface area contributed by atoms with Crippen molar-refractivity contribution in [2.75, 3.05) is 0 Å². The zero-order valence-electron chi connectivity index (χ0n) is 10.5. The summed E-state index contributed by atoms with van der Waals surface area (Å²) < 4.78 is 0. The summed E-state index contributed by atoms with van der Waals surface area (Å²) in [5, 5.41) is 3.31. The lowest BCUT2D eigenvalue weighted by Gasteiger charge is -2.16. The van der Waals surface area contributed by atoms with E-state index >= 15 is 0 Å². The number of hydrogen-bond donors (Lipinski definition) is 2. The standard InChI is InChI=1S/C14H14N4S/c1-9-17-8-13(19-9)14(18-15)12-4-2-3-10-7-16-6-5-11(10)12/h2-8,14,18H,15H2,1H3. The van der Waals surface area contributed by atoms with Gasteiger partial charge in [-0.1, -0.05) is 18.2 Å². The quantitative estimate of drug-likeness (QED) is 0.567. The molecule has 96 valence electrons. The predicted molar refractivity (Wildman–Crippen MR) is 77.8 cm³/mol. The first-order chi connectivity index (χ1) is 9.29. The highest BCUT2D eigenvalue weighted by molar-refractivity contribution is 7.11. The number of aromatic nitrogens is 2. The normalized spacial score (nSPS) is 12.7. The maximum Gasteiger partial charge on any atom is 0.0897 e. The second-order valence-electron chi connectivity index (χ2n) is 4.33. The molecule has 0 bridgehead atoms. The van der Waals surface area contributed by atoms with Gasteiger partial charge in [0, 0.05) is 28.9 Å². The van der Waals surface area contributed by atoms with Crippen molar-refractivity contribution >= 4 is 22.1 Å². The fourth-order valence-electron chi connectivity index (χ4n) is 2.24. The number of thiazole rings is 1. The second kappa shape index (κ2) is 5.05. The molecule has 5 heteroatoms. The molecule has 0 spiro atoms. The van der Waals surface area contributed by atoms with E-state index in [-0.39, 0.29) is 6.04 Å². The van der Waals surface area contributed by atoms with E-state index < -0.39 is 0 Å². The Morgan fingerprint density at radius 1 is 1.26 bits per heavy atom. The van der Waals surface area contributed by atoms with Crippen molar-refractivity contribution in [2.24, 2.45) is 5.84 Å². The number of hydrogen-bond acceptors (Lipinski definition) is 5. The largest absolute Gasteiger partial charge is 0.271 e. The molecule has 3 N–H and O–H groups in total. The van der Waals surface area contributed by atoms with Crippen molar-refractivity contribution in [2.45, 2.75) is 13.0 Å². The van der Waals surface area contributed by atoms with E-state index in [2.05, 4.69) is 27.5 Å². The van der Waals surface area contributed by atoms with E-state index in [1.54, 1.807) is 17.5 Å². The van der Waals surface area contributed by atoms with E-state index in [4.69, 9.17) is 5.84 Å². The zero-order chi connectivity index (χ0) is 13.2. The molecule has 19 heavy (non-hydrogen) atoms. The fraction of sp³-hybridized carbons (Fsp3) is 0.143. The summed E-state index contributed by atoms with van der Waals surface area (Å²) in [5.41, 5.74) is 4.03. The van der Waals surface area contributed by atoms with Crippen LogP contribution < -0.4 is 11.3 Å². The number of fused-ring (bicyclic) bond motifs is 1. The Hall–Kier alpha value is -1.82. The van der Waals surface area contributed by atoms with Crippen LogP contribution >= 0.6 is 11.3 Å². The molecule has 0 saturated carbocycles. The molecule has 0 saturated heterocycles. The van der Waals surface area contributed by atoms with Crippen LogP contribution in [0.4, 0.5) is 0 Å². The Morgan fingerprint density at radius 3 is 2.89 bits per heavy atom. The van der Waals surface area contributed by atoms with Crippen molar-refractivity contribution in [3.8, 4) is 0 Å². The number of aryl methyl sites for hydroxylation is 1. The third kappa shape index (κ3) is 2.23. The summed E-state index contributed by atoms with van der Waals surface area (Å²) >= 11 is 1.65. The van der Waals surface area contributed by atoms with Crippen LogP contribution in [0.5, 0.6) is 0 Å². The molecule has 0 aliphatic heterocycles. The minimum absolute atomic E-state index is 0.0442. The number of nitrogens with two attached hydrogens (primary N) is 1. The van der Waals surface area contributed by atoms with Crippen LogP contribution in [0.25, 0.3) is 10.8 Å². The summed E-state index contributed by atoms with van der Waals surface area (Å²) in [6.07, 6.45) is 5.55. The average Bonchev–Trinajstić information content (AvgIpc) is 2.86. The van der Waals surface area contributed by atoms with Gasteiger partial charge in [-0.15, -0.1) is 11.3 Å². The Balaban J connectivity index is 2.16. The van der Waals surface area contributed by atoms with Gasteiger partial charge in [0.15, 0.2) is 0 Å². The maximum atomic E-state index is 5.75. The topological polar surface area (TPSA) is 63.8 Å². The number of hydrazine groups is 1. The average molecular weight is 270 g/mol. The van der Waals surface area contributed by atoms with Gasteiger partial charge >= 0.3 is 0 Å². The summed E-state index contributed by atoms with van der Waals surface area (Å²) in [7, 11) is 0. The molecule has 3 aromatic rings. The van der Waals surface area contributed by atoms with Crippen LogP contribution in [0.3, 0.4) is 0 Å². The van der Waals surface area contributed by atoms with Crippen molar-refractivity contribution in [3.63, 3.8) is 0 Å². The lowest BCUT2D eigenvalue weighted by Crippen LogP contribution is -2.28. The third-order valence-electron chi connectivity index (χ3n) is 3.12. The summed E-state index contributed by atoms with van der Waals surface area (Å²) in [4.78, 5) is 9.57. The third-order valence-corrected chi connectivity index (χ3v) is 4.09. The monoisotopic (exact) mass is 270 g/mol. The minimum atomic E-state index is -0.0442. The van der Waals surface area contributed by atoms with Gasteiger partial charge in [0.25, 0.3) is 0 Å². The first-order valence-electron chi connectivity index (χ1n) is 6.00. The number of nitrogens with zero attached hydrogens (tertiary/aromatic N) is 2. The van der Waals surface area contributed by atoms with Gasteiger partial charge in [0.1, 0.15) is 0 Å². The van der Waals surface area contributed by atoms with Gasteiger partial charge in [-0.25, -0.2) is 10.4 Å². The minimum Gasteiger partial charge on any atom is -0.271 e. The predicted octanol–water partition coefficient (Wildman–Crippen LogP) is 2.55. The summed E-state index contributed by atoms with van der Waals surface area (Å²) in [6.45, 7) is 1.99. The molecule has 2 aromatic heterocycles. The van der Waals surface area contributed by atoms with E-state index in [9.17, 15) is 0 Å². The first-order valence-corrected chi connectivity index (χ1v) is 6.82. The Labute approximate surface area is 115 Å². The van der Waals surface area contributed by atoms with Crippen molar-refractivity contribution < 1.29 is 0 Å². The zero-order valence-corrected chi connectivity index (χ0v) is 11.3. The molecule has 0 amide bonds. The Kier molecular flexibility index (Phi) is 3.25. The van der Waals surface area contributed by atoms with Gasteiger partial charge in [0.2, 0.25) is 0 Å². The molecule has 3 rings (SSSR count). The van der Waals surface area contributed by atoms with Crippen LogP contribution in [0.1, 0.15) is 21.5 Å². The lowest BCUT2D eigenvalue weighted by atomic mass is 10.00. The molecule has 0 aliphatic rings. The molecule has 1 aromatic carbocycles. The van der Waals surface area contributed by atoms with E-state index in [0.29, 0.717) is 0 Å². The van der Waals surface area contributed by atoms with E-state index in [1.807, 2.05) is 31.5 Å². The van der Waals surface area contributed by atoms with Gasteiger partial charge in [-0.3, -0.25) is 10.8 Å². The van der Waals surface area contributed by atoms with Crippen molar-refractivity contribution in [3.05, 3.63) is 58.3 Å². The highest BCUT2D eigenvalue weighted by Gasteiger charge is 2.17. The second-order valence-corrected chi connectivity index (χ2v) is 5.59. The highest BCUT2D eigenvalue weighted by Crippen LogP contribution is 2.30. The van der Waals surface area contributed by atoms with Gasteiger partial charge in [-0.2, -0.15) is 0 Å². The molecule has 2 heterocycles. The Bertz CT molecular complexity index is 702. The molecule has 4 nitrogen and oxygen atoms in total. The Morgan fingerprint density at radius 2 is 2.16 bits per heavy atom.